The highest BCUT2D eigenvalue weighted by atomic mass is 16.7. The zero-order chi connectivity index (χ0) is 14.8. The smallest absolute Gasteiger partial charge is 0.400 e. The topological polar surface area (TPSA) is 44.5 Å². The zero-order valence-corrected chi connectivity index (χ0v) is 12.8. The van der Waals surface area contributed by atoms with Crippen molar-refractivity contribution in [2.24, 2.45) is 5.73 Å². The second-order valence-corrected chi connectivity index (χ2v) is 6.26. The molecule has 1 aromatic carbocycles. The summed E-state index contributed by atoms with van der Waals surface area (Å²) in [4.78, 5) is 0. The maximum absolute atomic E-state index is 5.92. The lowest BCUT2D eigenvalue weighted by Gasteiger charge is -2.32. The van der Waals surface area contributed by atoms with Crippen molar-refractivity contribution in [2.75, 3.05) is 6.54 Å². The first-order valence-corrected chi connectivity index (χ1v) is 7.17. The average molecular weight is 273 g/mol. The summed E-state index contributed by atoms with van der Waals surface area (Å²) in [5.41, 5.74) is 7.38. The van der Waals surface area contributed by atoms with Crippen LogP contribution in [0.1, 0.15) is 38.8 Å². The van der Waals surface area contributed by atoms with Crippen molar-refractivity contribution in [3.05, 3.63) is 41.4 Å². The molecule has 0 amide bonds. The van der Waals surface area contributed by atoms with Gasteiger partial charge in [-0.15, -0.1) is 0 Å². The summed E-state index contributed by atoms with van der Waals surface area (Å²) in [6.45, 7) is 8.92. The molecule has 0 saturated carbocycles. The zero-order valence-electron chi connectivity index (χ0n) is 12.8. The van der Waals surface area contributed by atoms with Crippen molar-refractivity contribution >= 4 is 13.2 Å². The SMILES string of the molecule is CC1(C)OB(C=Cc2ccc(CCN)cc2)OC1(C)C. The van der Waals surface area contributed by atoms with Gasteiger partial charge in [0.1, 0.15) is 0 Å². The van der Waals surface area contributed by atoms with E-state index in [2.05, 4.69) is 52.0 Å². The molecule has 0 unspecified atom stereocenters. The van der Waals surface area contributed by atoms with Gasteiger partial charge in [0.05, 0.1) is 11.2 Å². The molecule has 0 aliphatic carbocycles. The lowest BCUT2D eigenvalue weighted by Crippen LogP contribution is -2.41. The van der Waals surface area contributed by atoms with Crippen molar-refractivity contribution < 1.29 is 9.31 Å². The molecule has 0 bridgehead atoms. The van der Waals surface area contributed by atoms with Crippen LogP contribution in [-0.2, 0) is 15.7 Å². The monoisotopic (exact) mass is 273 g/mol. The van der Waals surface area contributed by atoms with E-state index in [1.807, 2.05) is 12.1 Å². The first-order chi connectivity index (χ1) is 9.34. The number of benzene rings is 1. The summed E-state index contributed by atoms with van der Waals surface area (Å²) in [5.74, 6) is 1.97. The van der Waals surface area contributed by atoms with Crippen LogP contribution in [0.4, 0.5) is 0 Å². The number of hydrogen-bond acceptors (Lipinski definition) is 3. The van der Waals surface area contributed by atoms with Gasteiger partial charge in [-0.2, -0.15) is 0 Å². The van der Waals surface area contributed by atoms with Gasteiger partial charge in [0.2, 0.25) is 0 Å². The van der Waals surface area contributed by atoms with Crippen LogP contribution >= 0.6 is 0 Å². The molecule has 108 valence electrons. The molecule has 1 aromatic rings. The average Bonchev–Trinajstić information content (AvgIpc) is 2.57. The molecule has 0 spiro atoms. The quantitative estimate of drug-likeness (QED) is 0.858. The molecule has 3 nitrogen and oxygen atoms in total. The van der Waals surface area contributed by atoms with Gasteiger partial charge in [0, 0.05) is 0 Å². The summed E-state index contributed by atoms with van der Waals surface area (Å²) in [7, 11) is -0.288. The van der Waals surface area contributed by atoms with Gasteiger partial charge in [-0.3, -0.25) is 0 Å². The lowest BCUT2D eigenvalue weighted by atomic mass is 9.89. The molecule has 1 aliphatic heterocycles. The van der Waals surface area contributed by atoms with Gasteiger partial charge in [-0.1, -0.05) is 36.3 Å². The molecular weight excluding hydrogens is 249 g/mol. The van der Waals surface area contributed by atoms with Crippen molar-refractivity contribution in [1.29, 1.82) is 0 Å². The Balaban J connectivity index is 2.00. The van der Waals surface area contributed by atoms with Gasteiger partial charge in [0.25, 0.3) is 0 Å². The summed E-state index contributed by atoms with van der Waals surface area (Å²) in [5, 5.41) is 0. The van der Waals surface area contributed by atoms with E-state index < -0.39 is 0 Å². The fourth-order valence-corrected chi connectivity index (χ4v) is 2.12. The largest absolute Gasteiger partial charge is 0.487 e. The summed E-state index contributed by atoms with van der Waals surface area (Å²) >= 11 is 0. The minimum absolute atomic E-state index is 0.285. The molecule has 2 N–H and O–H groups in total. The van der Waals surface area contributed by atoms with Crippen molar-refractivity contribution in [3.63, 3.8) is 0 Å². The third-order valence-corrected chi connectivity index (χ3v) is 4.13. The molecular formula is C16H24BNO2. The van der Waals surface area contributed by atoms with Crippen LogP contribution < -0.4 is 5.73 Å². The van der Waals surface area contributed by atoms with E-state index in [0.717, 1.165) is 12.0 Å². The Morgan fingerprint density at radius 2 is 1.60 bits per heavy atom. The number of hydrogen-bond donors (Lipinski definition) is 1. The maximum Gasteiger partial charge on any atom is 0.487 e. The maximum atomic E-state index is 5.92. The fourth-order valence-electron chi connectivity index (χ4n) is 2.12. The molecule has 2 rings (SSSR count). The third kappa shape index (κ3) is 3.32. The minimum Gasteiger partial charge on any atom is -0.400 e. The van der Waals surface area contributed by atoms with Crippen LogP contribution in [0.15, 0.2) is 30.2 Å². The molecule has 20 heavy (non-hydrogen) atoms. The van der Waals surface area contributed by atoms with E-state index in [9.17, 15) is 0 Å². The number of nitrogens with two attached hydrogens (primary N) is 1. The van der Waals surface area contributed by atoms with Crippen LogP contribution in [0.2, 0.25) is 0 Å². The van der Waals surface area contributed by atoms with Gasteiger partial charge in [0.15, 0.2) is 0 Å². The summed E-state index contributed by atoms with van der Waals surface area (Å²) in [6, 6.07) is 8.40. The lowest BCUT2D eigenvalue weighted by molar-refractivity contribution is 0.00578. The van der Waals surface area contributed by atoms with Gasteiger partial charge >= 0.3 is 7.12 Å². The molecule has 1 saturated heterocycles. The van der Waals surface area contributed by atoms with Gasteiger partial charge in [-0.05, 0) is 51.8 Å². The second kappa shape index (κ2) is 5.72. The second-order valence-electron chi connectivity index (χ2n) is 6.26. The summed E-state index contributed by atoms with van der Waals surface area (Å²) < 4.78 is 11.8. The van der Waals surface area contributed by atoms with Crippen LogP contribution in [0.25, 0.3) is 6.08 Å². The van der Waals surface area contributed by atoms with E-state index in [1.165, 1.54) is 5.56 Å². The molecule has 0 aromatic heterocycles. The highest BCUT2D eigenvalue weighted by Crippen LogP contribution is 2.36. The van der Waals surface area contributed by atoms with Gasteiger partial charge in [-0.25, -0.2) is 0 Å². The first kappa shape index (κ1) is 15.3. The molecule has 0 radical (unpaired) electrons. The Kier molecular flexibility index (Phi) is 4.38. The molecule has 1 heterocycles. The van der Waals surface area contributed by atoms with E-state index in [-0.39, 0.29) is 18.3 Å². The predicted octanol–water partition coefficient (Wildman–Crippen LogP) is 2.83. The third-order valence-electron chi connectivity index (χ3n) is 4.13. The van der Waals surface area contributed by atoms with Crippen LogP contribution in [0.5, 0.6) is 0 Å². The molecule has 4 heteroatoms. The van der Waals surface area contributed by atoms with Crippen LogP contribution in [0.3, 0.4) is 0 Å². The molecule has 0 atom stereocenters. The predicted molar refractivity (Wildman–Crippen MR) is 84.3 cm³/mol. The fraction of sp³-hybridized carbons (Fsp3) is 0.500. The normalized spacial score (nSPS) is 20.8. The minimum atomic E-state index is -0.288. The Bertz CT molecular complexity index is 464. The van der Waals surface area contributed by atoms with E-state index in [0.29, 0.717) is 6.54 Å². The van der Waals surface area contributed by atoms with Crippen LogP contribution in [-0.4, -0.2) is 24.9 Å². The van der Waals surface area contributed by atoms with Crippen LogP contribution in [0, 0.1) is 0 Å². The van der Waals surface area contributed by atoms with Crippen molar-refractivity contribution in [3.8, 4) is 0 Å². The van der Waals surface area contributed by atoms with E-state index >= 15 is 0 Å². The first-order valence-electron chi connectivity index (χ1n) is 7.17. The van der Waals surface area contributed by atoms with Crippen molar-refractivity contribution in [1.82, 2.24) is 0 Å². The number of rotatable bonds is 4. The highest BCUT2D eigenvalue weighted by molar-refractivity contribution is 6.52. The highest BCUT2D eigenvalue weighted by Gasteiger charge is 2.49. The Morgan fingerprint density at radius 1 is 1.05 bits per heavy atom. The van der Waals surface area contributed by atoms with Crippen molar-refractivity contribution in [2.45, 2.75) is 45.3 Å². The molecule has 1 fully saturated rings. The van der Waals surface area contributed by atoms with Gasteiger partial charge < -0.3 is 15.0 Å². The van der Waals surface area contributed by atoms with E-state index in [4.69, 9.17) is 15.0 Å². The Labute approximate surface area is 122 Å². The standard InChI is InChI=1S/C16H24BNO2/c1-15(2)16(3,4)20-17(19-15)11-9-13-5-7-14(8-6-13)10-12-18/h5-9,11H,10,12,18H2,1-4H3. The molecule has 1 aliphatic rings. The Morgan fingerprint density at radius 3 is 2.10 bits per heavy atom. The Hall–Kier alpha value is -1.10. The summed E-state index contributed by atoms with van der Waals surface area (Å²) in [6.07, 6.45) is 2.95. The van der Waals surface area contributed by atoms with E-state index in [1.54, 1.807) is 0 Å².